The summed E-state index contributed by atoms with van der Waals surface area (Å²) in [6.45, 7) is 8.54. The van der Waals surface area contributed by atoms with E-state index >= 15 is 0 Å². The molecule has 1 heterocycles. The van der Waals surface area contributed by atoms with E-state index in [4.69, 9.17) is 4.98 Å². The van der Waals surface area contributed by atoms with Gasteiger partial charge in [-0.1, -0.05) is 53.6 Å². The second-order valence-electron chi connectivity index (χ2n) is 6.04. The lowest BCUT2D eigenvalue weighted by Crippen LogP contribution is -1.92. The van der Waals surface area contributed by atoms with Crippen LogP contribution in [0.3, 0.4) is 0 Å². The highest BCUT2D eigenvalue weighted by Crippen LogP contribution is 2.27. The van der Waals surface area contributed by atoms with Crippen molar-refractivity contribution >= 4 is 0 Å². The second-order valence-corrected chi connectivity index (χ2v) is 6.04. The predicted octanol–water partition coefficient (Wildman–Crippen LogP) is 5.65. The summed E-state index contributed by atoms with van der Waals surface area (Å²) in [7, 11) is 0. The van der Waals surface area contributed by atoms with Crippen LogP contribution in [0.2, 0.25) is 0 Å². The lowest BCUT2D eigenvalue weighted by molar-refractivity contribution is 1.28. The van der Waals surface area contributed by atoms with Gasteiger partial charge < -0.3 is 0 Å². The van der Waals surface area contributed by atoms with E-state index in [2.05, 4.69) is 82.3 Å². The smallest absolute Gasteiger partial charge is 0.0712 e. The first-order chi connectivity index (χ1) is 10.5. The number of hydrogen-bond donors (Lipinski definition) is 0. The third kappa shape index (κ3) is 2.80. The second kappa shape index (κ2) is 5.76. The summed E-state index contributed by atoms with van der Waals surface area (Å²) in [6.07, 6.45) is 0. The van der Waals surface area contributed by atoms with Crippen molar-refractivity contribution in [3.63, 3.8) is 0 Å². The van der Waals surface area contributed by atoms with Crippen LogP contribution in [-0.2, 0) is 0 Å². The molecule has 0 unspecified atom stereocenters. The molecule has 1 nitrogen and oxygen atoms in total. The average molecular weight is 287 g/mol. The Bertz CT molecular complexity index is 764. The number of aromatic nitrogens is 1. The van der Waals surface area contributed by atoms with Crippen LogP contribution >= 0.6 is 0 Å². The first kappa shape index (κ1) is 14.5. The third-order valence-corrected chi connectivity index (χ3v) is 4.06. The minimum Gasteiger partial charge on any atom is -0.248 e. The fraction of sp³-hybridized carbons (Fsp3) is 0.190. The highest BCUT2D eigenvalue weighted by Gasteiger charge is 2.07. The van der Waals surface area contributed by atoms with Gasteiger partial charge >= 0.3 is 0 Å². The third-order valence-electron chi connectivity index (χ3n) is 4.06. The van der Waals surface area contributed by atoms with Gasteiger partial charge in [0.1, 0.15) is 0 Å². The van der Waals surface area contributed by atoms with Gasteiger partial charge in [0.15, 0.2) is 0 Å². The number of nitrogens with zero attached hydrogens (tertiary/aromatic N) is 1. The highest BCUT2D eigenvalue weighted by molar-refractivity contribution is 5.70. The van der Waals surface area contributed by atoms with Gasteiger partial charge in [-0.3, -0.25) is 0 Å². The fourth-order valence-corrected chi connectivity index (χ4v) is 2.94. The molecule has 3 rings (SSSR count). The SMILES string of the molecule is Cc1ccc(-c2cccc(-c3ccc(C)cc3C)n2)c(C)c1. The Morgan fingerprint density at radius 2 is 1.05 bits per heavy atom. The van der Waals surface area contributed by atoms with Gasteiger partial charge in [-0.25, -0.2) is 4.98 Å². The summed E-state index contributed by atoms with van der Waals surface area (Å²) in [5.74, 6) is 0. The molecule has 0 radical (unpaired) electrons. The molecule has 22 heavy (non-hydrogen) atoms. The normalized spacial score (nSPS) is 10.7. The number of aryl methyl sites for hydroxylation is 4. The van der Waals surface area contributed by atoms with Crippen LogP contribution in [-0.4, -0.2) is 4.98 Å². The van der Waals surface area contributed by atoms with Crippen molar-refractivity contribution in [1.82, 2.24) is 4.98 Å². The lowest BCUT2D eigenvalue weighted by atomic mass is 10.00. The largest absolute Gasteiger partial charge is 0.248 e. The first-order valence-corrected chi connectivity index (χ1v) is 7.67. The first-order valence-electron chi connectivity index (χ1n) is 7.67. The zero-order valence-corrected chi connectivity index (χ0v) is 13.6. The van der Waals surface area contributed by atoms with Crippen molar-refractivity contribution in [2.24, 2.45) is 0 Å². The Balaban J connectivity index is 2.10. The monoisotopic (exact) mass is 287 g/mol. The van der Waals surface area contributed by atoms with Gasteiger partial charge in [-0.15, -0.1) is 0 Å². The molecule has 0 saturated heterocycles. The van der Waals surface area contributed by atoms with Crippen molar-refractivity contribution in [2.45, 2.75) is 27.7 Å². The van der Waals surface area contributed by atoms with E-state index in [1.807, 2.05) is 0 Å². The van der Waals surface area contributed by atoms with Crippen LogP contribution in [0, 0.1) is 27.7 Å². The van der Waals surface area contributed by atoms with Gasteiger partial charge in [0.05, 0.1) is 11.4 Å². The van der Waals surface area contributed by atoms with E-state index in [0.717, 1.165) is 11.4 Å². The molecule has 0 fully saturated rings. The molecular formula is C21H21N. The van der Waals surface area contributed by atoms with Crippen LogP contribution in [0.4, 0.5) is 0 Å². The summed E-state index contributed by atoms with van der Waals surface area (Å²) in [5, 5.41) is 0. The molecule has 1 aromatic heterocycles. The molecule has 0 N–H and O–H groups in total. The molecule has 0 spiro atoms. The maximum atomic E-state index is 4.89. The Morgan fingerprint density at radius 1 is 0.591 bits per heavy atom. The molecule has 2 aromatic carbocycles. The maximum absolute atomic E-state index is 4.89. The van der Waals surface area contributed by atoms with Crippen molar-refractivity contribution in [1.29, 1.82) is 0 Å². The molecule has 0 amide bonds. The molecule has 110 valence electrons. The number of pyridine rings is 1. The molecule has 0 aliphatic carbocycles. The zero-order chi connectivity index (χ0) is 15.7. The lowest BCUT2D eigenvalue weighted by Gasteiger charge is -2.10. The highest BCUT2D eigenvalue weighted by atomic mass is 14.7. The van der Waals surface area contributed by atoms with E-state index in [0.29, 0.717) is 0 Å². The molecular weight excluding hydrogens is 266 g/mol. The predicted molar refractivity (Wildman–Crippen MR) is 94.1 cm³/mol. The van der Waals surface area contributed by atoms with Crippen LogP contribution in [0.5, 0.6) is 0 Å². The van der Waals surface area contributed by atoms with E-state index in [1.165, 1.54) is 33.4 Å². The van der Waals surface area contributed by atoms with Crippen molar-refractivity contribution < 1.29 is 0 Å². The maximum Gasteiger partial charge on any atom is 0.0712 e. The Hall–Kier alpha value is -2.41. The fourth-order valence-electron chi connectivity index (χ4n) is 2.94. The summed E-state index contributed by atoms with van der Waals surface area (Å²) in [5.41, 5.74) is 9.59. The number of benzene rings is 2. The van der Waals surface area contributed by atoms with Gasteiger partial charge in [0.25, 0.3) is 0 Å². The van der Waals surface area contributed by atoms with Gasteiger partial charge in [0, 0.05) is 11.1 Å². The van der Waals surface area contributed by atoms with Gasteiger partial charge in [0.2, 0.25) is 0 Å². The summed E-state index contributed by atoms with van der Waals surface area (Å²) < 4.78 is 0. The number of hydrogen-bond acceptors (Lipinski definition) is 1. The van der Waals surface area contributed by atoms with Gasteiger partial charge in [-0.2, -0.15) is 0 Å². The zero-order valence-electron chi connectivity index (χ0n) is 13.6. The molecule has 0 aliphatic rings. The molecule has 0 aliphatic heterocycles. The Morgan fingerprint density at radius 3 is 1.45 bits per heavy atom. The minimum atomic E-state index is 1.04. The minimum absolute atomic E-state index is 1.04. The topological polar surface area (TPSA) is 12.9 Å². The Kier molecular flexibility index (Phi) is 3.81. The average Bonchev–Trinajstić information content (AvgIpc) is 2.47. The van der Waals surface area contributed by atoms with E-state index in [-0.39, 0.29) is 0 Å². The van der Waals surface area contributed by atoms with Crippen LogP contribution in [0.1, 0.15) is 22.3 Å². The van der Waals surface area contributed by atoms with E-state index in [1.54, 1.807) is 0 Å². The summed E-state index contributed by atoms with van der Waals surface area (Å²) in [4.78, 5) is 4.89. The van der Waals surface area contributed by atoms with Crippen molar-refractivity contribution in [3.8, 4) is 22.5 Å². The van der Waals surface area contributed by atoms with Crippen molar-refractivity contribution in [3.05, 3.63) is 76.9 Å². The Labute approximate surface area is 132 Å². The van der Waals surface area contributed by atoms with E-state index < -0.39 is 0 Å². The number of rotatable bonds is 2. The molecule has 0 saturated carbocycles. The van der Waals surface area contributed by atoms with Gasteiger partial charge in [-0.05, 0) is 51.0 Å². The molecule has 1 heteroatoms. The summed E-state index contributed by atoms with van der Waals surface area (Å²) in [6, 6.07) is 19.3. The van der Waals surface area contributed by atoms with Crippen molar-refractivity contribution in [2.75, 3.05) is 0 Å². The molecule has 0 bridgehead atoms. The summed E-state index contributed by atoms with van der Waals surface area (Å²) >= 11 is 0. The molecule has 0 atom stereocenters. The van der Waals surface area contributed by atoms with E-state index in [9.17, 15) is 0 Å². The molecule has 3 aromatic rings. The van der Waals surface area contributed by atoms with Crippen LogP contribution in [0.25, 0.3) is 22.5 Å². The van der Waals surface area contributed by atoms with Crippen LogP contribution in [0.15, 0.2) is 54.6 Å². The quantitative estimate of drug-likeness (QED) is 0.593. The van der Waals surface area contributed by atoms with Crippen LogP contribution < -0.4 is 0 Å². The standard InChI is InChI=1S/C21H21N/c1-14-8-10-18(16(3)12-14)20-6-5-7-21(22-20)19-11-9-15(2)13-17(19)4/h5-13H,1-4H3.